The summed E-state index contributed by atoms with van der Waals surface area (Å²) >= 11 is 0. The number of benzene rings is 1. The van der Waals surface area contributed by atoms with E-state index >= 15 is 0 Å². The van der Waals surface area contributed by atoms with Crippen LogP contribution >= 0.6 is 0 Å². The van der Waals surface area contributed by atoms with Crippen molar-refractivity contribution >= 4 is 5.69 Å². The molecule has 26 heavy (non-hydrogen) atoms. The van der Waals surface area contributed by atoms with Crippen molar-refractivity contribution < 1.29 is 5.11 Å². The second-order valence-corrected chi connectivity index (χ2v) is 7.66. The summed E-state index contributed by atoms with van der Waals surface area (Å²) in [5.41, 5.74) is 4.63. The molecule has 140 valence electrons. The van der Waals surface area contributed by atoms with Crippen LogP contribution in [0.15, 0.2) is 42.6 Å². The Morgan fingerprint density at radius 2 is 1.62 bits per heavy atom. The van der Waals surface area contributed by atoms with Gasteiger partial charge in [-0.15, -0.1) is 0 Å². The standard InChI is InChI=1S/C22H31N3O/c1-18(2)16-24-11-13-25(14-12-24)22-10-9-21(23-15-22)8-7-19-3-5-20(17-26)6-4-19/h3-6,9-10,15,18,26H,7-8,11-14,16-17H2,1-2H3. The minimum atomic E-state index is 0.106. The Hall–Kier alpha value is -1.91. The first-order valence-electron chi connectivity index (χ1n) is 9.75. The van der Waals surface area contributed by atoms with Gasteiger partial charge in [0.1, 0.15) is 0 Å². The van der Waals surface area contributed by atoms with E-state index in [1.54, 1.807) is 0 Å². The number of aryl methyl sites for hydroxylation is 2. The fourth-order valence-electron chi connectivity index (χ4n) is 3.54. The van der Waals surface area contributed by atoms with Crippen LogP contribution in [0.3, 0.4) is 0 Å². The van der Waals surface area contributed by atoms with E-state index < -0.39 is 0 Å². The van der Waals surface area contributed by atoms with Gasteiger partial charge >= 0.3 is 0 Å². The first kappa shape index (κ1) is 18.9. The maximum atomic E-state index is 9.11. The number of pyridine rings is 1. The number of hydrogen-bond acceptors (Lipinski definition) is 4. The fourth-order valence-corrected chi connectivity index (χ4v) is 3.54. The summed E-state index contributed by atoms with van der Waals surface area (Å²) in [6.07, 6.45) is 3.95. The predicted octanol–water partition coefficient (Wildman–Crippen LogP) is 3.14. The zero-order valence-electron chi connectivity index (χ0n) is 16.1. The van der Waals surface area contributed by atoms with Crippen molar-refractivity contribution in [3.05, 3.63) is 59.4 Å². The summed E-state index contributed by atoms with van der Waals surface area (Å²) in [5, 5.41) is 9.11. The van der Waals surface area contributed by atoms with Gasteiger partial charge in [0.25, 0.3) is 0 Å². The topological polar surface area (TPSA) is 39.6 Å². The van der Waals surface area contributed by atoms with Crippen molar-refractivity contribution in [3.63, 3.8) is 0 Å². The van der Waals surface area contributed by atoms with Gasteiger partial charge in [0.15, 0.2) is 0 Å². The van der Waals surface area contributed by atoms with Crippen LogP contribution in [0.4, 0.5) is 5.69 Å². The minimum absolute atomic E-state index is 0.106. The van der Waals surface area contributed by atoms with Crippen molar-refractivity contribution in [2.75, 3.05) is 37.6 Å². The molecule has 2 aromatic rings. The first-order chi connectivity index (χ1) is 12.6. The molecule has 1 aliphatic heterocycles. The highest BCUT2D eigenvalue weighted by atomic mass is 16.3. The molecule has 1 aromatic carbocycles. The molecular formula is C22H31N3O. The van der Waals surface area contributed by atoms with E-state index in [2.05, 4.69) is 52.9 Å². The molecule has 0 atom stereocenters. The van der Waals surface area contributed by atoms with Crippen molar-refractivity contribution in [1.82, 2.24) is 9.88 Å². The fraction of sp³-hybridized carbons (Fsp3) is 0.500. The van der Waals surface area contributed by atoms with Crippen LogP contribution in [-0.2, 0) is 19.4 Å². The molecule has 0 spiro atoms. The van der Waals surface area contributed by atoms with Gasteiger partial charge in [-0.05, 0) is 42.0 Å². The van der Waals surface area contributed by atoms with Crippen LogP contribution in [0.25, 0.3) is 0 Å². The molecule has 1 saturated heterocycles. The third-order valence-electron chi connectivity index (χ3n) is 5.05. The van der Waals surface area contributed by atoms with E-state index in [1.165, 1.54) is 17.8 Å². The molecule has 4 nitrogen and oxygen atoms in total. The molecule has 1 aliphatic rings. The number of hydrogen-bond donors (Lipinski definition) is 1. The first-order valence-corrected chi connectivity index (χ1v) is 9.75. The monoisotopic (exact) mass is 353 g/mol. The van der Waals surface area contributed by atoms with Crippen LogP contribution in [0.1, 0.15) is 30.7 Å². The quantitative estimate of drug-likeness (QED) is 0.830. The molecule has 4 heteroatoms. The van der Waals surface area contributed by atoms with Crippen molar-refractivity contribution in [2.24, 2.45) is 5.92 Å². The molecule has 0 aliphatic carbocycles. The number of aliphatic hydroxyl groups excluding tert-OH is 1. The largest absolute Gasteiger partial charge is 0.392 e. The molecule has 0 unspecified atom stereocenters. The number of anilines is 1. The summed E-state index contributed by atoms with van der Waals surface area (Å²) in [4.78, 5) is 9.68. The van der Waals surface area contributed by atoms with Crippen LogP contribution in [0, 0.1) is 5.92 Å². The van der Waals surface area contributed by atoms with Crippen LogP contribution in [0.2, 0.25) is 0 Å². The second-order valence-electron chi connectivity index (χ2n) is 7.66. The number of rotatable bonds is 7. The average molecular weight is 354 g/mol. The summed E-state index contributed by atoms with van der Waals surface area (Å²) in [5.74, 6) is 0.738. The molecule has 3 rings (SSSR count). The maximum absolute atomic E-state index is 9.11. The van der Waals surface area contributed by atoms with Gasteiger partial charge in [0.05, 0.1) is 18.5 Å². The van der Waals surface area contributed by atoms with E-state index in [4.69, 9.17) is 5.11 Å². The number of nitrogens with zero attached hydrogens (tertiary/aromatic N) is 3. The lowest BCUT2D eigenvalue weighted by molar-refractivity contribution is 0.231. The SMILES string of the molecule is CC(C)CN1CCN(c2ccc(CCc3ccc(CO)cc3)nc2)CC1. The third kappa shape index (κ3) is 5.29. The summed E-state index contributed by atoms with van der Waals surface area (Å²) in [7, 11) is 0. The zero-order chi connectivity index (χ0) is 18.4. The molecular weight excluding hydrogens is 322 g/mol. The molecule has 1 aromatic heterocycles. The highest BCUT2D eigenvalue weighted by molar-refractivity contribution is 5.45. The lowest BCUT2D eigenvalue weighted by atomic mass is 10.1. The Labute approximate surface area is 157 Å². The Kier molecular flexibility index (Phi) is 6.64. The average Bonchev–Trinajstić information content (AvgIpc) is 2.67. The third-order valence-corrected chi connectivity index (χ3v) is 5.05. The van der Waals surface area contributed by atoms with Crippen LogP contribution < -0.4 is 4.90 Å². The van der Waals surface area contributed by atoms with Gasteiger partial charge in [-0.25, -0.2) is 0 Å². The van der Waals surface area contributed by atoms with Crippen LogP contribution in [0.5, 0.6) is 0 Å². The maximum Gasteiger partial charge on any atom is 0.0681 e. The van der Waals surface area contributed by atoms with E-state index in [-0.39, 0.29) is 6.61 Å². The molecule has 1 N–H and O–H groups in total. The Morgan fingerprint density at radius 1 is 0.923 bits per heavy atom. The zero-order valence-corrected chi connectivity index (χ0v) is 16.1. The Morgan fingerprint density at radius 3 is 2.19 bits per heavy atom. The summed E-state index contributed by atoms with van der Waals surface area (Å²) in [6, 6.07) is 12.6. The lowest BCUT2D eigenvalue weighted by Gasteiger charge is -2.36. The lowest BCUT2D eigenvalue weighted by Crippen LogP contribution is -2.47. The molecule has 0 radical (unpaired) electrons. The molecule has 0 bridgehead atoms. The van der Waals surface area contributed by atoms with Gasteiger partial charge in [-0.3, -0.25) is 9.88 Å². The number of piperazine rings is 1. The smallest absolute Gasteiger partial charge is 0.0681 e. The highest BCUT2D eigenvalue weighted by Gasteiger charge is 2.17. The van der Waals surface area contributed by atoms with E-state index in [1.807, 2.05) is 18.3 Å². The number of aliphatic hydroxyl groups is 1. The van der Waals surface area contributed by atoms with Crippen molar-refractivity contribution in [3.8, 4) is 0 Å². The Bertz CT molecular complexity index is 659. The molecule has 0 amide bonds. The molecule has 2 heterocycles. The van der Waals surface area contributed by atoms with Gasteiger partial charge in [0.2, 0.25) is 0 Å². The Balaban J connectivity index is 1.49. The minimum Gasteiger partial charge on any atom is -0.392 e. The van der Waals surface area contributed by atoms with E-state index in [9.17, 15) is 0 Å². The van der Waals surface area contributed by atoms with Crippen LogP contribution in [-0.4, -0.2) is 47.7 Å². The highest BCUT2D eigenvalue weighted by Crippen LogP contribution is 2.17. The van der Waals surface area contributed by atoms with E-state index in [0.717, 1.165) is 56.2 Å². The number of aromatic nitrogens is 1. The second kappa shape index (κ2) is 9.15. The van der Waals surface area contributed by atoms with Crippen molar-refractivity contribution in [1.29, 1.82) is 0 Å². The summed E-state index contributed by atoms with van der Waals surface area (Å²) < 4.78 is 0. The molecule has 0 saturated carbocycles. The van der Waals surface area contributed by atoms with Gasteiger partial charge in [0, 0.05) is 38.4 Å². The van der Waals surface area contributed by atoms with E-state index in [0.29, 0.717) is 0 Å². The normalized spacial score (nSPS) is 15.6. The van der Waals surface area contributed by atoms with Gasteiger partial charge in [-0.2, -0.15) is 0 Å². The van der Waals surface area contributed by atoms with Crippen molar-refractivity contribution in [2.45, 2.75) is 33.3 Å². The molecule has 1 fully saturated rings. The van der Waals surface area contributed by atoms with Gasteiger partial charge < -0.3 is 10.0 Å². The predicted molar refractivity (Wildman–Crippen MR) is 108 cm³/mol. The summed E-state index contributed by atoms with van der Waals surface area (Å²) in [6.45, 7) is 10.3. The van der Waals surface area contributed by atoms with Gasteiger partial charge in [-0.1, -0.05) is 38.1 Å².